The van der Waals surface area contributed by atoms with Crippen molar-refractivity contribution < 1.29 is 4.79 Å². The number of rotatable bonds is 4. The highest BCUT2D eigenvalue weighted by Crippen LogP contribution is 2.31. The van der Waals surface area contributed by atoms with Crippen LogP contribution in [0.15, 0.2) is 73.1 Å². The second-order valence-corrected chi connectivity index (χ2v) is 6.69. The highest BCUT2D eigenvalue weighted by atomic mass is 16.2. The fourth-order valence-electron chi connectivity index (χ4n) is 3.70. The van der Waals surface area contributed by atoms with Gasteiger partial charge in [-0.2, -0.15) is 0 Å². The summed E-state index contributed by atoms with van der Waals surface area (Å²) in [6, 6.07) is 20.7. The quantitative estimate of drug-likeness (QED) is 0.697. The molecule has 0 bridgehead atoms. The maximum absolute atomic E-state index is 13.1. The van der Waals surface area contributed by atoms with Crippen molar-refractivity contribution in [2.75, 3.05) is 11.4 Å². The van der Waals surface area contributed by atoms with E-state index in [2.05, 4.69) is 47.9 Å². The smallest absolute Gasteiger partial charge is 0.229 e. The van der Waals surface area contributed by atoms with E-state index in [0.29, 0.717) is 6.42 Å². The lowest BCUT2D eigenvalue weighted by Gasteiger charge is -2.24. The van der Waals surface area contributed by atoms with Crippen molar-refractivity contribution in [1.82, 2.24) is 4.57 Å². The molecule has 0 radical (unpaired) electrons. The Morgan fingerprint density at radius 2 is 1.84 bits per heavy atom. The van der Waals surface area contributed by atoms with Crippen LogP contribution in [0, 0.1) is 6.92 Å². The van der Waals surface area contributed by atoms with Gasteiger partial charge in [-0.05, 0) is 42.7 Å². The van der Waals surface area contributed by atoms with Crippen molar-refractivity contribution in [2.45, 2.75) is 25.8 Å². The molecule has 1 aliphatic heterocycles. The molecule has 1 aromatic heterocycles. The zero-order valence-electron chi connectivity index (χ0n) is 14.4. The highest BCUT2D eigenvalue weighted by molar-refractivity contribution is 5.95. The number of carbonyl (C=O) groups excluding carboxylic acids is 1. The van der Waals surface area contributed by atoms with E-state index in [9.17, 15) is 4.79 Å². The van der Waals surface area contributed by atoms with E-state index in [1.165, 1.54) is 16.7 Å². The van der Waals surface area contributed by atoms with E-state index in [1.54, 1.807) is 0 Å². The van der Waals surface area contributed by atoms with Gasteiger partial charge in [0.1, 0.15) is 0 Å². The Hall–Kier alpha value is -2.81. The summed E-state index contributed by atoms with van der Waals surface area (Å²) < 4.78 is 2.13. The van der Waals surface area contributed by atoms with Crippen molar-refractivity contribution in [1.29, 1.82) is 0 Å². The van der Waals surface area contributed by atoms with E-state index in [1.807, 2.05) is 41.6 Å². The summed E-state index contributed by atoms with van der Waals surface area (Å²) in [5, 5.41) is 0. The number of anilines is 1. The minimum absolute atomic E-state index is 0.0233. The molecule has 1 atom stereocenters. The van der Waals surface area contributed by atoms with Crippen molar-refractivity contribution >= 4 is 11.6 Å². The highest BCUT2D eigenvalue weighted by Gasteiger charge is 2.27. The van der Waals surface area contributed by atoms with E-state index >= 15 is 0 Å². The lowest BCUT2D eigenvalue weighted by molar-refractivity contribution is -0.119. The van der Waals surface area contributed by atoms with E-state index < -0.39 is 0 Å². The molecule has 1 aliphatic rings. The van der Waals surface area contributed by atoms with Crippen LogP contribution in [0.2, 0.25) is 0 Å². The van der Waals surface area contributed by atoms with Gasteiger partial charge in [-0.1, -0.05) is 48.0 Å². The fraction of sp³-hybridized carbons (Fsp3) is 0.227. The van der Waals surface area contributed by atoms with Crippen LogP contribution in [0.4, 0.5) is 5.69 Å². The first kappa shape index (κ1) is 15.7. The van der Waals surface area contributed by atoms with Gasteiger partial charge in [0.05, 0.1) is 12.5 Å². The molecule has 3 heteroatoms. The zero-order chi connectivity index (χ0) is 17.2. The Morgan fingerprint density at radius 3 is 2.64 bits per heavy atom. The Kier molecular flexibility index (Phi) is 4.14. The SMILES string of the molecule is Cc1cccc([C@@H](CC(=O)N2CCc3ccccc32)n2cccc2)c1. The van der Waals surface area contributed by atoms with Crippen LogP contribution in [0.25, 0.3) is 0 Å². The Morgan fingerprint density at radius 1 is 1.04 bits per heavy atom. The third-order valence-corrected chi connectivity index (χ3v) is 4.97. The van der Waals surface area contributed by atoms with Gasteiger partial charge in [0.25, 0.3) is 0 Å². The Labute approximate surface area is 148 Å². The lowest BCUT2D eigenvalue weighted by Crippen LogP contribution is -2.31. The van der Waals surface area contributed by atoms with Gasteiger partial charge < -0.3 is 9.47 Å². The molecule has 3 nitrogen and oxygen atoms in total. The zero-order valence-corrected chi connectivity index (χ0v) is 14.4. The lowest BCUT2D eigenvalue weighted by atomic mass is 10.0. The first-order valence-corrected chi connectivity index (χ1v) is 8.79. The second-order valence-electron chi connectivity index (χ2n) is 6.69. The van der Waals surface area contributed by atoms with Crippen LogP contribution in [-0.2, 0) is 11.2 Å². The number of hydrogen-bond acceptors (Lipinski definition) is 1. The molecule has 3 aromatic rings. The molecule has 0 saturated carbocycles. The second kappa shape index (κ2) is 6.60. The number of para-hydroxylation sites is 1. The number of aromatic nitrogens is 1. The summed E-state index contributed by atoms with van der Waals surface area (Å²) >= 11 is 0. The predicted octanol–water partition coefficient (Wildman–Crippen LogP) is 4.37. The molecule has 126 valence electrons. The standard InChI is InChI=1S/C22H22N2O/c1-17-7-6-9-19(15-17)21(23-12-4-5-13-23)16-22(25)24-14-11-18-8-2-3-10-20(18)24/h2-10,12-13,15,21H,11,14,16H2,1H3/t21-/m1/s1. The third kappa shape index (κ3) is 3.10. The van der Waals surface area contributed by atoms with Crippen molar-refractivity contribution in [3.63, 3.8) is 0 Å². The number of amides is 1. The summed E-state index contributed by atoms with van der Waals surface area (Å²) in [6.07, 6.45) is 5.49. The predicted molar refractivity (Wildman–Crippen MR) is 101 cm³/mol. The average molecular weight is 330 g/mol. The number of fused-ring (bicyclic) bond motifs is 1. The molecule has 4 rings (SSSR count). The van der Waals surface area contributed by atoms with Crippen LogP contribution >= 0.6 is 0 Å². The minimum atomic E-state index is 0.0233. The number of benzene rings is 2. The molecule has 2 aromatic carbocycles. The van der Waals surface area contributed by atoms with Crippen LogP contribution in [0.3, 0.4) is 0 Å². The Balaban J connectivity index is 1.62. The number of carbonyl (C=O) groups is 1. The molecule has 0 fully saturated rings. The molecule has 0 saturated heterocycles. The van der Waals surface area contributed by atoms with E-state index in [-0.39, 0.29) is 11.9 Å². The molecule has 1 amide bonds. The Bertz CT molecular complexity index is 883. The number of hydrogen-bond donors (Lipinski definition) is 0. The van der Waals surface area contributed by atoms with Gasteiger partial charge in [-0.25, -0.2) is 0 Å². The van der Waals surface area contributed by atoms with Gasteiger partial charge in [-0.15, -0.1) is 0 Å². The number of nitrogens with zero attached hydrogens (tertiary/aromatic N) is 2. The largest absolute Gasteiger partial charge is 0.346 e. The number of aryl methyl sites for hydroxylation is 1. The van der Waals surface area contributed by atoms with Crippen molar-refractivity contribution in [3.8, 4) is 0 Å². The summed E-state index contributed by atoms with van der Waals surface area (Å²) in [5.41, 5.74) is 4.73. The maximum Gasteiger partial charge on any atom is 0.229 e. The molecule has 25 heavy (non-hydrogen) atoms. The van der Waals surface area contributed by atoms with Gasteiger partial charge in [-0.3, -0.25) is 4.79 Å². The third-order valence-electron chi connectivity index (χ3n) is 4.97. The first-order valence-electron chi connectivity index (χ1n) is 8.79. The molecular weight excluding hydrogens is 308 g/mol. The van der Waals surface area contributed by atoms with E-state index in [0.717, 1.165) is 18.7 Å². The molecule has 0 unspecified atom stereocenters. The summed E-state index contributed by atoms with van der Waals surface area (Å²) in [7, 11) is 0. The van der Waals surface area contributed by atoms with Crippen LogP contribution in [0.5, 0.6) is 0 Å². The maximum atomic E-state index is 13.1. The topological polar surface area (TPSA) is 25.2 Å². The van der Waals surface area contributed by atoms with Crippen molar-refractivity contribution in [2.24, 2.45) is 0 Å². The van der Waals surface area contributed by atoms with E-state index in [4.69, 9.17) is 0 Å². The summed E-state index contributed by atoms with van der Waals surface area (Å²) in [6.45, 7) is 2.87. The molecular formula is C22H22N2O. The molecule has 0 N–H and O–H groups in total. The monoisotopic (exact) mass is 330 g/mol. The first-order chi connectivity index (χ1) is 12.2. The minimum Gasteiger partial charge on any atom is -0.346 e. The van der Waals surface area contributed by atoms with Crippen LogP contribution in [-0.4, -0.2) is 17.0 Å². The normalized spacial score (nSPS) is 14.4. The summed E-state index contributed by atoms with van der Waals surface area (Å²) in [5.74, 6) is 0.185. The van der Waals surface area contributed by atoms with Gasteiger partial charge >= 0.3 is 0 Å². The van der Waals surface area contributed by atoms with Gasteiger partial charge in [0.2, 0.25) is 5.91 Å². The van der Waals surface area contributed by atoms with Crippen molar-refractivity contribution in [3.05, 3.63) is 89.7 Å². The molecule has 2 heterocycles. The molecule has 0 spiro atoms. The summed E-state index contributed by atoms with van der Waals surface area (Å²) in [4.78, 5) is 15.0. The average Bonchev–Trinajstić information content (AvgIpc) is 3.29. The van der Waals surface area contributed by atoms with Crippen LogP contribution in [0.1, 0.15) is 29.2 Å². The van der Waals surface area contributed by atoms with Gasteiger partial charge in [0, 0.05) is 24.6 Å². The molecule has 0 aliphatic carbocycles. The fourth-order valence-corrected chi connectivity index (χ4v) is 3.70. The van der Waals surface area contributed by atoms with Crippen LogP contribution < -0.4 is 4.90 Å². The van der Waals surface area contributed by atoms with Gasteiger partial charge in [0.15, 0.2) is 0 Å².